The molecule has 1 saturated heterocycles. The van der Waals surface area contributed by atoms with Crippen LogP contribution in [0.5, 0.6) is 0 Å². The van der Waals surface area contributed by atoms with E-state index in [0.29, 0.717) is 13.0 Å². The van der Waals surface area contributed by atoms with E-state index in [1.54, 1.807) is 11.8 Å². The van der Waals surface area contributed by atoms with Gasteiger partial charge in [-0.05, 0) is 23.1 Å². The number of aliphatic carboxylic acids is 1. The molecular weight excluding hydrogens is 482 g/mol. The number of ether oxygens (including phenoxy) is 1. The second-order valence-corrected chi connectivity index (χ2v) is 12.3. The quantitative estimate of drug-likeness (QED) is 0.399. The Morgan fingerprint density at radius 2 is 1.43 bits per heavy atom. The Morgan fingerprint density at radius 3 is 1.83 bits per heavy atom. The molecule has 3 atom stereocenters. The molecule has 3 aromatic rings. The second-order valence-electron chi connectivity index (χ2n) is 8.67. The van der Waals surface area contributed by atoms with Gasteiger partial charge < -0.3 is 15.2 Å². The molecule has 0 amide bonds. The molecule has 3 aromatic carbocycles. The molecule has 0 saturated carbocycles. The first-order valence-electron chi connectivity index (χ1n) is 11.4. The highest BCUT2D eigenvalue weighted by molar-refractivity contribution is 8.01. The van der Waals surface area contributed by atoms with Gasteiger partial charge in [0.05, 0.1) is 4.75 Å². The van der Waals surface area contributed by atoms with E-state index >= 15 is 0 Å². The average Bonchev–Trinajstić information content (AvgIpc) is 3.31. The minimum atomic E-state index is -3.62. The molecule has 1 unspecified atom stereocenters. The van der Waals surface area contributed by atoms with Crippen molar-refractivity contribution in [1.82, 2.24) is 5.32 Å². The second kappa shape index (κ2) is 11.0. The fraction of sp³-hybridized carbons (Fsp3) is 0.296. The normalized spacial score (nSPS) is 19.3. The minimum absolute atomic E-state index is 0.0540. The number of carboxylic acids is 1. The van der Waals surface area contributed by atoms with Gasteiger partial charge in [0, 0.05) is 24.1 Å². The summed E-state index contributed by atoms with van der Waals surface area (Å²) in [6, 6.07) is 30.5. The average molecular weight is 512 g/mol. The van der Waals surface area contributed by atoms with E-state index in [4.69, 9.17) is 9.84 Å². The molecule has 4 rings (SSSR count). The number of benzene rings is 3. The summed E-state index contributed by atoms with van der Waals surface area (Å²) in [7, 11) is -3.62. The largest absolute Gasteiger partial charge is 0.480 e. The Morgan fingerprint density at radius 1 is 0.971 bits per heavy atom. The number of carboxylic acid groups (broad SMARTS) is 1. The fourth-order valence-corrected chi connectivity index (χ4v) is 7.61. The van der Waals surface area contributed by atoms with Crippen molar-refractivity contribution in [2.24, 2.45) is 0 Å². The van der Waals surface area contributed by atoms with E-state index in [9.17, 15) is 13.2 Å². The summed E-state index contributed by atoms with van der Waals surface area (Å²) in [6.45, 7) is -0.0816. The third-order valence-electron chi connectivity index (χ3n) is 6.13. The zero-order chi connectivity index (χ0) is 24.9. The lowest BCUT2D eigenvalue weighted by Crippen LogP contribution is -2.42. The van der Waals surface area contributed by atoms with Gasteiger partial charge in [0.1, 0.15) is 6.61 Å². The van der Waals surface area contributed by atoms with Crippen molar-refractivity contribution >= 4 is 27.6 Å². The van der Waals surface area contributed by atoms with Crippen LogP contribution in [-0.4, -0.2) is 55.6 Å². The Kier molecular flexibility index (Phi) is 7.96. The molecule has 8 heteroatoms. The van der Waals surface area contributed by atoms with Gasteiger partial charge in [0.25, 0.3) is 0 Å². The number of thioether (sulfide) groups is 1. The van der Waals surface area contributed by atoms with Crippen LogP contribution in [0.3, 0.4) is 0 Å². The van der Waals surface area contributed by atoms with E-state index < -0.39 is 38.6 Å². The number of rotatable bonds is 10. The van der Waals surface area contributed by atoms with Crippen LogP contribution < -0.4 is 5.32 Å². The molecular formula is C27H29NO5S2. The molecule has 1 heterocycles. The number of nitrogens with one attached hydrogen (secondary N) is 1. The van der Waals surface area contributed by atoms with Crippen LogP contribution in [0.25, 0.3) is 0 Å². The van der Waals surface area contributed by atoms with E-state index in [1.807, 2.05) is 54.6 Å². The number of carbonyl (C=O) groups is 1. The highest BCUT2D eigenvalue weighted by Gasteiger charge is 2.44. The molecule has 184 valence electrons. The van der Waals surface area contributed by atoms with Crippen LogP contribution in [0.1, 0.15) is 23.1 Å². The van der Waals surface area contributed by atoms with E-state index in [2.05, 4.69) is 41.7 Å². The van der Waals surface area contributed by atoms with Gasteiger partial charge in [-0.1, -0.05) is 91.0 Å². The van der Waals surface area contributed by atoms with Crippen molar-refractivity contribution in [2.75, 3.05) is 19.4 Å². The van der Waals surface area contributed by atoms with Crippen molar-refractivity contribution in [3.05, 3.63) is 108 Å². The maximum absolute atomic E-state index is 12.4. The summed E-state index contributed by atoms with van der Waals surface area (Å²) in [4.78, 5) is 11.0. The minimum Gasteiger partial charge on any atom is -0.480 e. The third-order valence-corrected chi connectivity index (χ3v) is 9.19. The predicted octanol–water partition coefficient (Wildman–Crippen LogP) is 3.91. The predicted molar refractivity (Wildman–Crippen MR) is 139 cm³/mol. The van der Waals surface area contributed by atoms with E-state index in [1.165, 1.54) is 0 Å². The van der Waals surface area contributed by atoms with Crippen molar-refractivity contribution in [3.8, 4) is 0 Å². The number of hydrogen-bond acceptors (Lipinski definition) is 6. The smallest absolute Gasteiger partial charge is 0.329 e. The third kappa shape index (κ3) is 5.78. The Labute approximate surface area is 210 Å². The first-order valence-corrected chi connectivity index (χ1v) is 14.2. The fourth-order valence-electron chi connectivity index (χ4n) is 4.69. The van der Waals surface area contributed by atoms with Crippen molar-refractivity contribution in [1.29, 1.82) is 0 Å². The highest BCUT2D eigenvalue weighted by atomic mass is 32.2. The maximum atomic E-state index is 12.4. The van der Waals surface area contributed by atoms with Crippen LogP contribution in [-0.2, 0) is 24.1 Å². The van der Waals surface area contributed by atoms with Crippen LogP contribution in [0.2, 0.25) is 0 Å². The topological polar surface area (TPSA) is 92.7 Å². The molecule has 0 bridgehead atoms. The SMILES string of the molecule is CS(=O)(=O)C(OCC(=O)O)[C@@H]1C[C@@H](SC(c2ccccc2)(c2ccccc2)c2ccccc2)CN1. The standard InChI is InChI=1S/C27H29NO5S2/c1-35(31,32)26(33-19-25(29)30)24-17-23(18-28-24)34-27(20-11-5-2-6-12-20,21-13-7-3-8-14-21)22-15-9-4-10-16-22/h2-16,23-24,26,28H,17-19H2,1H3,(H,29,30)/t23-,24+,26?/m1/s1. The molecule has 1 aliphatic heterocycles. The summed E-state index contributed by atoms with van der Waals surface area (Å²) in [5, 5.41) is 12.4. The Balaban J connectivity index is 1.72. The van der Waals surface area contributed by atoms with Gasteiger partial charge in [0.15, 0.2) is 15.3 Å². The molecule has 1 aliphatic rings. The number of hydrogen-bond donors (Lipinski definition) is 2. The Bertz CT molecular complexity index is 1120. The zero-order valence-corrected chi connectivity index (χ0v) is 21.0. The summed E-state index contributed by atoms with van der Waals surface area (Å²) in [5.74, 6) is -1.20. The van der Waals surface area contributed by atoms with E-state index in [0.717, 1.165) is 22.9 Å². The van der Waals surface area contributed by atoms with Gasteiger partial charge in [-0.25, -0.2) is 13.2 Å². The Hall–Kier alpha value is -2.65. The van der Waals surface area contributed by atoms with Crippen molar-refractivity contribution in [2.45, 2.75) is 27.9 Å². The van der Waals surface area contributed by atoms with Crippen LogP contribution in [0.4, 0.5) is 0 Å². The van der Waals surface area contributed by atoms with Gasteiger partial charge >= 0.3 is 5.97 Å². The molecule has 6 nitrogen and oxygen atoms in total. The first-order chi connectivity index (χ1) is 16.8. The van der Waals surface area contributed by atoms with Crippen LogP contribution >= 0.6 is 11.8 Å². The highest BCUT2D eigenvalue weighted by Crippen LogP contribution is 2.51. The molecule has 0 spiro atoms. The van der Waals surface area contributed by atoms with Gasteiger partial charge in [0.2, 0.25) is 0 Å². The maximum Gasteiger partial charge on any atom is 0.329 e. The van der Waals surface area contributed by atoms with Crippen molar-refractivity contribution < 1.29 is 23.1 Å². The van der Waals surface area contributed by atoms with Crippen LogP contribution in [0, 0.1) is 0 Å². The molecule has 0 radical (unpaired) electrons. The monoisotopic (exact) mass is 511 g/mol. The summed E-state index contributed by atoms with van der Waals surface area (Å²) >= 11 is 1.79. The number of sulfone groups is 1. The molecule has 2 N–H and O–H groups in total. The van der Waals surface area contributed by atoms with Crippen molar-refractivity contribution in [3.63, 3.8) is 0 Å². The summed E-state index contributed by atoms with van der Waals surface area (Å²) in [6.07, 6.45) is 1.61. The van der Waals surface area contributed by atoms with E-state index in [-0.39, 0.29) is 5.25 Å². The lowest BCUT2D eigenvalue weighted by Gasteiger charge is -2.37. The van der Waals surface area contributed by atoms with Gasteiger partial charge in [-0.15, -0.1) is 11.8 Å². The summed E-state index contributed by atoms with van der Waals surface area (Å²) < 4.78 is 29.6. The molecule has 35 heavy (non-hydrogen) atoms. The van der Waals surface area contributed by atoms with Gasteiger partial charge in [-0.2, -0.15) is 0 Å². The zero-order valence-electron chi connectivity index (χ0n) is 19.4. The molecule has 0 aliphatic carbocycles. The molecule has 1 fully saturated rings. The van der Waals surface area contributed by atoms with Gasteiger partial charge in [-0.3, -0.25) is 0 Å². The summed E-state index contributed by atoms with van der Waals surface area (Å²) in [5.41, 5.74) is 2.18. The van der Waals surface area contributed by atoms with Crippen LogP contribution in [0.15, 0.2) is 91.0 Å². The first kappa shape index (κ1) is 25.4. The lowest BCUT2D eigenvalue weighted by molar-refractivity contribution is -0.143. The lowest BCUT2D eigenvalue weighted by atomic mass is 9.84. The molecule has 0 aromatic heterocycles.